The number of ether oxygens (including phenoxy) is 2. The van der Waals surface area contributed by atoms with Gasteiger partial charge in [-0.25, -0.2) is 4.98 Å². The first-order valence-corrected chi connectivity index (χ1v) is 12.1. The summed E-state index contributed by atoms with van der Waals surface area (Å²) in [6, 6.07) is 5.44. The zero-order valence-electron chi connectivity index (χ0n) is 19.5. The number of fused-ring (bicyclic) bond motifs is 2. The van der Waals surface area contributed by atoms with E-state index < -0.39 is 0 Å². The number of rotatable bonds is 7. The van der Waals surface area contributed by atoms with E-state index in [1.165, 1.54) is 6.20 Å². The van der Waals surface area contributed by atoms with Gasteiger partial charge >= 0.3 is 0 Å². The Kier molecular flexibility index (Phi) is 4.35. The number of nitrogens with one attached hydrogen (secondary N) is 3. The molecule has 8 rings (SSSR count). The van der Waals surface area contributed by atoms with Crippen LogP contribution in [-0.2, 0) is 15.0 Å². The third kappa shape index (κ3) is 2.85. The van der Waals surface area contributed by atoms with Crippen molar-refractivity contribution in [1.82, 2.24) is 24.5 Å². The molecular weight excluding hydrogens is 450 g/mol. The van der Waals surface area contributed by atoms with Gasteiger partial charge in [0.15, 0.2) is 5.65 Å². The van der Waals surface area contributed by atoms with E-state index in [-0.39, 0.29) is 35.3 Å². The number of carbonyl (C=O) groups is 1. The molecular formula is C24H27N7O4. The number of aromatic nitrogens is 4. The van der Waals surface area contributed by atoms with Crippen molar-refractivity contribution in [2.45, 2.75) is 43.1 Å². The van der Waals surface area contributed by atoms with Gasteiger partial charge in [0.25, 0.3) is 11.5 Å². The number of amides is 1. The monoisotopic (exact) mass is 477 g/mol. The number of nitrogens with zero attached hydrogens (tertiary/aromatic N) is 4. The van der Waals surface area contributed by atoms with Crippen molar-refractivity contribution in [2.75, 3.05) is 31.4 Å². The van der Waals surface area contributed by atoms with Gasteiger partial charge in [-0.05, 0) is 31.4 Å². The summed E-state index contributed by atoms with van der Waals surface area (Å²) >= 11 is 0. The summed E-state index contributed by atoms with van der Waals surface area (Å²) in [7, 11) is 3.47. The number of carbonyl (C=O) groups excluding carboxylic acids is 1. The fourth-order valence-corrected chi connectivity index (χ4v) is 6.29. The second-order valence-corrected chi connectivity index (χ2v) is 9.91. The van der Waals surface area contributed by atoms with E-state index >= 15 is 0 Å². The van der Waals surface area contributed by atoms with E-state index in [9.17, 15) is 9.59 Å². The molecule has 3 N–H and O–H groups in total. The van der Waals surface area contributed by atoms with Crippen LogP contribution < -0.4 is 21.5 Å². The number of hydrogen-bond acceptors (Lipinski definition) is 8. The van der Waals surface area contributed by atoms with Crippen molar-refractivity contribution in [3.05, 3.63) is 46.5 Å². The Hall–Kier alpha value is -3.44. The first-order chi connectivity index (χ1) is 17.1. The molecule has 0 spiro atoms. The predicted molar refractivity (Wildman–Crippen MR) is 127 cm³/mol. The molecule has 1 unspecified atom stereocenters. The summed E-state index contributed by atoms with van der Waals surface area (Å²) in [4.78, 5) is 31.0. The lowest BCUT2D eigenvalue weighted by atomic mass is 10.2. The SMILES string of the molecule is CNc1cc(Nc2cccn([C@]34C5OC[C@@H]3[C@H]54)c2=O)nc2c(C(=O)N[C@@H]3CC[C@@H](OC)C3)cnn12. The highest BCUT2D eigenvalue weighted by molar-refractivity contribution is 6.00. The minimum Gasteiger partial charge on any atom is -0.381 e. The van der Waals surface area contributed by atoms with Gasteiger partial charge in [-0.1, -0.05) is 0 Å². The molecule has 6 atom stereocenters. The Morgan fingerprint density at radius 2 is 2.23 bits per heavy atom. The van der Waals surface area contributed by atoms with Crippen molar-refractivity contribution in [3.63, 3.8) is 0 Å². The van der Waals surface area contributed by atoms with E-state index in [1.54, 1.807) is 30.8 Å². The number of anilines is 3. The quantitative estimate of drug-likeness (QED) is 0.466. The molecule has 5 fully saturated rings. The Morgan fingerprint density at radius 1 is 1.34 bits per heavy atom. The van der Waals surface area contributed by atoms with Gasteiger partial charge in [-0.15, -0.1) is 0 Å². The lowest BCUT2D eigenvalue weighted by molar-refractivity contribution is 0.0916. The van der Waals surface area contributed by atoms with Crippen LogP contribution in [-0.4, -0.2) is 64.1 Å². The van der Waals surface area contributed by atoms with Gasteiger partial charge < -0.3 is 30.0 Å². The summed E-state index contributed by atoms with van der Waals surface area (Å²) < 4.78 is 14.6. The van der Waals surface area contributed by atoms with Crippen LogP contribution in [0.2, 0.25) is 0 Å². The average molecular weight is 478 g/mol. The fourth-order valence-electron chi connectivity index (χ4n) is 6.29. The van der Waals surface area contributed by atoms with Gasteiger partial charge in [0.2, 0.25) is 0 Å². The number of hydrogen-bond donors (Lipinski definition) is 3. The van der Waals surface area contributed by atoms with Crippen LogP contribution in [0.4, 0.5) is 17.3 Å². The molecule has 0 aromatic carbocycles. The Bertz CT molecular complexity index is 1390. The predicted octanol–water partition coefficient (Wildman–Crippen LogP) is 1.33. The van der Waals surface area contributed by atoms with Gasteiger partial charge in [-0.3, -0.25) is 9.59 Å². The minimum atomic E-state index is -0.224. The summed E-state index contributed by atoms with van der Waals surface area (Å²) in [5.74, 6) is 1.80. The van der Waals surface area contributed by atoms with Crippen molar-refractivity contribution < 1.29 is 14.3 Å². The maximum Gasteiger partial charge on any atom is 0.274 e. The molecule has 5 aliphatic rings. The summed E-state index contributed by atoms with van der Waals surface area (Å²) in [6.45, 7) is 0.738. The van der Waals surface area contributed by atoms with Crippen molar-refractivity contribution in [3.8, 4) is 0 Å². The Morgan fingerprint density at radius 3 is 2.94 bits per heavy atom. The molecule has 3 aromatic rings. The van der Waals surface area contributed by atoms with Gasteiger partial charge in [0, 0.05) is 44.3 Å². The molecule has 3 saturated carbocycles. The topological polar surface area (TPSA) is 124 Å². The molecule has 11 heteroatoms. The molecule has 35 heavy (non-hydrogen) atoms. The molecule has 2 aliphatic heterocycles. The molecule has 1 amide bonds. The Labute approximate surface area is 200 Å². The largest absolute Gasteiger partial charge is 0.381 e. The molecule has 2 saturated heterocycles. The van der Waals surface area contributed by atoms with E-state index in [1.807, 2.05) is 16.8 Å². The van der Waals surface area contributed by atoms with Crippen LogP contribution >= 0.6 is 0 Å². The second-order valence-electron chi connectivity index (χ2n) is 9.91. The van der Waals surface area contributed by atoms with Gasteiger partial charge in [-0.2, -0.15) is 9.61 Å². The highest BCUT2D eigenvalue weighted by Crippen LogP contribution is 2.82. The molecule has 182 valence electrons. The summed E-state index contributed by atoms with van der Waals surface area (Å²) in [5, 5.41) is 13.7. The van der Waals surface area contributed by atoms with Crippen LogP contribution in [0.5, 0.6) is 0 Å². The van der Waals surface area contributed by atoms with E-state index in [4.69, 9.17) is 9.47 Å². The number of methoxy groups -OCH3 is 1. The lowest BCUT2D eigenvalue weighted by Gasteiger charge is -2.14. The third-order valence-corrected chi connectivity index (χ3v) is 8.23. The van der Waals surface area contributed by atoms with Crippen LogP contribution in [0.15, 0.2) is 35.4 Å². The first kappa shape index (κ1) is 20.9. The molecule has 0 radical (unpaired) electrons. The van der Waals surface area contributed by atoms with E-state index in [2.05, 4.69) is 26.0 Å². The molecule has 3 aromatic heterocycles. The zero-order valence-corrected chi connectivity index (χ0v) is 19.5. The van der Waals surface area contributed by atoms with Crippen LogP contribution in [0.1, 0.15) is 29.6 Å². The lowest BCUT2D eigenvalue weighted by Crippen LogP contribution is -2.33. The fraction of sp³-hybridized carbons (Fsp3) is 0.500. The minimum absolute atomic E-state index is 0.0580. The first-order valence-electron chi connectivity index (χ1n) is 12.1. The standard InChI is InChI=1S/C24H27N7O4/c1-25-18-9-17(28-16-4-3-7-30(23(16)33)24-15-11-35-20(24)19(15)24)29-21-14(10-26-31(18)21)22(32)27-12-5-6-13(8-12)34-2/h3-4,7,9-10,12-13,15,19-20,25H,5-6,8,11H2,1-2H3,(H,27,32)(H,28,29)/t12-,13-,15-,19-,20?,24-/m1/s1. The maximum absolute atomic E-state index is 13.3. The van der Waals surface area contributed by atoms with Crippen molar-refractivity contribution in [1.29, 1.82) is 0 Å². The van der Waals surface area contributed by atoms with Crippen LogP contribution in [0.25, 0.3) is 5.65 Å². The van der Waals surface area contributed by atoms with Crippen LogP contribution in [0.3, 0.4) is 0 Å². The van der Waals surface area contributed by atoms with Crippen molar-refractivity contribution >= 4 is 28.9 Å². The third-order valence-electron chi connectivity index (χ3n) is 8.23. The van der Waals surface area contributed by atoms with E-state index in [0.29, 0.717) is 40.4 Å². The van der Waals surface area contributed by atoms with Gasteiger partial charge in [0.05, 0.1) is 30.6 Å². The summed E-state index contributed by atoms with van der Waals surface area (Å²) in [6.07, 6.45) is 6.32. The highest BCUT2D eigenvalue weighted by atomic mass is 16.5. The molecule has 2 bridgehead atoms. The molecule has 3 aliphatic carbocycles. The summed E-state index contributed by atoms with van der Waals surface area (Å²) in [5.41, 5.74) is 0.980. The number of pyridine rings is 1. The van der Waals surface area contributed by atoms with Gasteiger partial charge in [0.1, 0.15) is 22.9 Å². The normalized spacial score (nSPS) is 31.9. The highest BCUT2D eigenvalue weighted by Gasteiger charge is 2.93. The molecule has 5 heterocycles. The maximum atomic E-state index is 13.3. The zero-order chi connectivity index (χ0) is 23.9. The van der Waals surface area contributed by atoms with Crippen molar-refractivity contribution in [2.24, 2.45) is 11.8 Å². The second kappa shape index (κ2) is 7.28. The van der Waals surface area contributed by atoms with E-state index in [0.717, 1.165) is 25.9 Å². The Balaban J connectivity index is 1.19. The average Bonchev–Trinajstić information content (AvgIpc) is 3.31. The molecule has 11 nitrogen and oxygen atoms in total. The smallest absolute Gasteiger partial charge is 0.274 e. The van der Waals surface area contributed by atoms with Crippen LogP contribution in [0, 0.1) is 11.8 Å².